The molecule has 0 aliphatic heterocycles. The van der Waals surface area contributed by atoms with Gasteiger partial charge in [0.05, 0.1) is 0 Å². The maximum absolute atomic E-state index is 11.7. The molecule has 114 valence electrons. The normalized spacial score (nSPS) is 9.91. The number of amides is 3. The number of rotatable bonds is 3. The van der Waals surface area contributed by atoms with Gasteiger partial charge in [0, 0.05) is 24.4 Å². The van der Waals surface area contributed by atoms with Crippen LogP contribution in [0.25, 0.3) is 0 Å². The Bertz CT molecular complexity index is 706. The second-order valence-corrected chi connectivity index (χ2v) is 4.49. The van der Waals surface area contributed by atoms with E-state index in [1.54, 1.807) is 31.2 Å². The largest absolute Gasteiger partial charge is 0.360 e. The molecule has 0 radical (unpaired) electrons. The highest BCUT2D eigenvalue weighted by atomic mass is 16.5. The van der Waals surface area contributed by atoms with Gasteiger partial charge in [-0.25, -0.2) is 0 Å². The number of nitrogens with one attached hydrogen (secondary N) is 3. The molecule has 0 aliphatic carbocycles. The zero-order valence-corrected chi connectivity index (χ0v) is 12.0. The Hall–Kier alpha value is -3.16. The van der Waals surface area contributed by atoms with Gasteiger partial charge in [0.25, 0.3) is 0 Å². The van der Waals surface area contributed by atoms with Crippen LogP contribution in [-0.2, 0) is 14.4 Å². The summed E-state index contributed by atoms with van der Waals surface area (Å²) in [7, 11) is 0. The van der Waals surface area contributed by atoms with Gasteiger partial charge in [-0.3, -0.25) is 19.7 Å². The Morgan fingerprint density at radius 3 is 2.00 bits per heavy atom. The van der Waals surface area contributed by atoms with Gasteiger partial charge in [0.15, 0.2) is 5.82 Å². The Labute approximate surface area is 125 Å². The average molecular weight is 302 g/mol. The number of aryl methyl sites for hydroxylation is 1. The fraction of sp³-hybridized carbons (Fsp3) is 0.143. The van der Waals surface area contributed by atoms with E-state index in [9.17, 15) is 14.4 Å². The molecule has 8 heteroatoms. The lowest BCUT2D eigenvalue weighted by molar-refractivity contribution is -0.133. The SMILES string of the molecule is CC(=O)Nc1ccc(NC(=O)C(=O)Nc2cc(C)on2)cc1. The van der Waals surface area contributed by atoms with E-state index in [0.29, 0.717) is 17.1 Å². The number of anilines is 3. The van der Waals surface area contributed by atoms with Gasteiger partial charge < -0.3 is 15.2 Å². The summed E-state index contributed by atoms with van der Waals surface area (Å²) in [6.07, 6.45) is 0. The molecule has 0 atom stereocenters. The molecule has 8 nitrogen and oxygen atoms in total. The quantitative estimate of drug-likeness (QED) is 0.744. The van der Waals surface area contributed by atoms with E-state index in [0.717, 1.165) is 0 Å². The van der Waals surface area contributed by atoms with Gasteiger partial charge >= 0.3 is 11.8 Å². The molecule has 22 heavy (non-hydrogen) atoms. The van der Waals surface area contributed by atoms with Crippen LogP contribution in [0.2, 0.25) is 0 Å². The molecule has 1 aromatic heterocycles. The summed E-state index contributed by atoms with van der Waals surface area (Å²) in [5, 5.41) is 10.9. The molecule has 0 spiro atoms. The van der Waals surface area contributed by atoms with Gasteiger partial charge in [-0.2, -0.15) is 0 Å². The van der Waals surface area contributed by atoms with E-state index in [1.165, 1.54) is 13.0 Å². The van der Waals surface area contributed by atoms with Gasteiger partial charge in [-0.15, -0.1) is 0 Å². The smallest absolute Gasteiger partial charge is 0.315 e. The monoisotopic (exact) mass is 302 g/mol. The maximum atomic E-state index is 11.7. The summed E-state index contributed by atoms with van der Waals surface area (Å²) in [5.41, 5.74) is 1.01. The molecule has 0 fully saturated rings. The Balaban J connectivity index is 1.93. The van der Waals surface area contributed by atoms with Crippen molar-refractivity contribution in [3.05, 3.63) is 36.1 Å². The van der Waals surface area contributed by atoms with E-state index >= 15 is 0 Å². The van der Waals surface area contributed by atoms with Gasteiger partial charge in [-0.1, -0.05) is 5.16 Å². The number of aromatic nitrogens is 1. The number of carbonyl (C=O) groups excluding carboxylic acids is 3. The topological polar surface area (TPSA) is 113 Å². The molecule has 2 aromatic rings. The number of nitrogens with zero attached hydrogens (tertiary/aromatic N) is 1. The summed E-state index contributed by atoms with van der Waals surface area (Å²) >= 11 is 0. The van der Waals surface area contributed by atoms with Crippen LogP contribution in [0.15, 0.2) is 34.9 Å². The van der Waals surface area contributed by atoms with Crippen LogP contribution in [0.4, 0.5) is 17.2 Å². The third-order valence-corrected chi connectivity index (χ3v) is 2.54. The minimum Gasteiger partial charge on any atom is -0.360 e. The molecule has 0 saturated heterocycles. The molecule has 3 amide bonds. The maximum Gasteiger partial charge on any atom is 0.315 e. The average Bonchev–Trinajstić information content (AvgIpc) is 2.85. The summed E-state index contributed by atoms with van der Waals surface area (Å²) < 4.78 is 4.78. The lowest BCUT2D eigenvalue weighted by Crippen LogP contribution is -2.29. The first-order valence-electron chi connectivity index (χ1n) is 6.37. The highest BCUT2D eigenvalue weighted by molar-refractivity contribution is 6.43. The summed E-state index contributed by atoms with van der Waals surface area (Å²) in [5.74, 6) is -1.21. The second-order valence-electron chi connectivity index (χ2n) is 4.49. The van der Waals surface area contributed by atoms with Crippen molar-refractivity contribution in [3.8, 4) is 0 Å². The zero-order valence-electron chi connectivity index (χ0n) is 12.0. The second kappa shape index (κ2) is 6.53. The van der Waals surface area contributed by atoms with Crippen molar-refractivity contribution in [3.63, 3.8) is 0 Å². The molecule has 0 aliphatic rings. The van der Waals surface area contributed by atoms with Gasteiger partial charge in [-0.05, 0) is 31.2 Å². The van der Waals surface area contributed by atoms with Crippen LogP contribution in [0.1, 0.15) is 12.7 Å². The third kappa shape index (κ3) is 4.17. The predicted molar refractivity (Wildman–Crippen MR) is 79.2 cm³/mol. The Kier molecular flexibility index (Phi) is 4.52. The van der Waals surface area contributed by atoms with Crippen LogP contribution in [0.5, 0.6) is 0 Å². The fourth-order valence-electron chi connectivity index (χ4n) is 1.63. The molecule has 0 bridgehead atoms. The van der Waals surface area contributed by atoms with Crippen molar-refractivity contribution in [1.82, 2.24) is 5.16 Å². The van der Waals surface area contributed by atoms with E-state index in [1.807, 2.05) is 0 Å². The number of benzene rings is 1. The molecule has 2 rings (SSSR count). The minimum atomic E-state index is -0.862. The highest BCUT2D eigenvalue weighted by Gasteiger charge is 2.15. The van der Waals surface area contributed by atoms with E-state index < -0.39 is 11.8 Å². The van der Waals surface area contributed by atoms with Crippen LogP contribution < -0.4 is 16.0 Å². The van der Waals surface area contributed by atoms with Crippen LogP contribution >= 0.6 is 0 Å². The number of hydrogen-bond donors (Lipinski definition) is 3. The third-order valence-electron chi connectivity index (χ3n) is 2.54. The van der Waals surface area contributed by atoms with Crippen LogP contribution in [0.3, 0.4) is 0 Å². The molecule has 0 saturated carbocycles. The molecule has 0 unspecified atom stereocenters. The Morgan fingerprint density at radius 2 is 1.50 bits per heavy atom. The van der Waals surface area contributed by atoms with Crippen molar-refractivity contribution < 1.29 is 18.9 Å². The zero-order chi connectivity index (χ0) is 16.1. The summed E-state index contributed by atoms with van der Waals surface area (Å²) in [6, 6.07) is 7.84. The van der Waals surface area contributed by atoms with Crippen molar-refractivity contribution >= 4 is 34.9 Å². The predicted octanol–water partition coefficient (Wildman–Crippen LogP) is 1.52. The lowest BCUT2D eigenvalue weighted by atomic mass is 10.2. The fourth-order valence-corrected chi connectivity index (χ4v) is 1.63. The van der Waals surface area contributed by atoms with Crippen LogP contribution in [-0.4, -0.2) is 22.9 Å². The summed E-state index contributed by atoms with van der Waals surface area (Å²) in [6.45, 7) is 3.06. The van der Waals surface area contributed by atoms with Gasteiger partial charge in [0.1, 0.15) is 5.76 Å². The molecular weight excluding hydrogens is 288 g/mol. The number of carbonyl (C=O) groups is 3. The highest BCUT2D eigenvalue weighted by Crippen LogP contribution is 2.13. The molecule has 3 N–H and O–H groups in total. The molecule has 1 heterocycles. The summed E-state index contributed by atoms with van der Waals surface area (Å²) in [4.78, 5) is 34.3. The molecule has 1 aromatic carbocycles. The lowest BCUT2D eigenvalue weighted by Gasteiger charge is -2.06. The Morgan fingerprint density at radius 1 is 0.955 bits per heavy atom. The van der Waals surface area contributed by atoms with E-state index in [4.69, 9.17) is 4.52 Å². The van der Waals surface area contributed by atoms with Crippen molar-refractivity contribution in [2.45, 2.75) is 13.8 Å². The standard InChI is InChI=1S/C14H14N4O4/c1-8-7-12(18-22-8)17-14(21)13(20)16-11-5-3-10(4-6-11)15-9(2)19/h3-7H,1-2H3,(H,15,19)(H,16,20)(H,17,18,21). The van der Waals surface area contributed by atoms with Gasteiger partial charge in [0.2, 0.25) is 5.91 Å². The van der Waals surface area contributed by atoms with Crippen molar-refractivity contribution in [2.75, 3.05) is 16.0 Å². The van der Waals surface area contributed by atoms with Crippen LogP contribution in [0, 0.1) is 6.92 Å². The first kappa shape index (κ1) is 15.2. The first-order valence-corrected chi connectivity index (χ1v) is 6.37. The molecular formula is C14H14N4O4. The van der Waals surface area contributed by atoms with Crippen molar-refractivity contribution in [2.24, 2.45) is 0 Å². The van der Waals surface area contributed by atoms with E-state index in [2.05, 4.69) is 21.1 Å². The number of hydrogen-bond acceptors (Lipinski definition) is 5. The van der Waals surface area contributed by atoms with E-state index in [-0.39, 0.29) is 11.7 Å². The first-order chi connectivity index (χ1) is 10.4. The minimum absolute atomic E-state index is 0.165. The van der Waals surface area contributed by atoms with Crippen molar-refractivity contribution in [1.29, 1.82) is 0 Å².